The summed E-state index contributed by atoms with van der Waals surface area (Å²) in [5.41, 5.74) is 3.69. The van der Waals surface area contributed by atoms with Crippen LogP contribution in [0, 0.1) is 0 Å². The minimum absolute atomic E-state index is 0. The molecule has 0 saturated carbocycles. The number of hydrogen-bond donors (Lipinski definition) is 2. The molecule has 0 spiro atoms. The first kappa shape index (κ1) is 23.7. The molecule has 1 amide bonds. The SMILES string of the molecule is CCNC(=NCc1cccc(CN2CCCC2=O)c1)NCC(C)c1ccsc1.I. The molecule has 1 aliphatic heterocycles. The molecule has 5 nitrogen and oxygen atoms in total. The Morgan fingerprint density at radius 1 is 1.28 bits per heavy atom. The van der Waals surface area contributed by atoms with Crippen LogP contribution in [0.1, 0.15) is 49.3 Å². The van der Waals surface area contributed by atoms with E-state index < -0.39 is 0 Å². The third-order valence-electron chi connectivity index (χ3n) is 4.99. The van der Waals surface area contributed by atoms with Crippen LogP contribution in [0.5, 0.6) is 0 Å². The van der Waals surface area contributed by atoms with Crippen LogP contribution in [0.4, 0.5) is 0 Å². The van der Waals surface area contributed by atoms with Crippen LogP contribution >= 0.6 is 35.3 Å². The second kappa shape index (κ2) is 12.2. The third kappa shape index (κ3) is 7.29. The van der Waals surface area contributed by atoms with E-state index in [1.54, 1.807) is 11.3 Å². The molecule has 29 heavy (non-hydrogen) atoms. The number of halogens is 1. The van der Waals surface area contributed by atoms with Crippen molar-refractivity contribution in [2.75, 3.05) is 19.6 Å². The molecular formula is C22H31IN4OS. The van der Waals surface area contributed by atoms with E-state index in [2.05, 4.69) is 65.6 Å². The quantitative estimate of drug-likeness (QED) is 0.306. The van der Waals surface area contributed by atoms with Gasteiger partial charge in [0.15, 0.2) is 5.96 Å². The molecule has 2 aromatic rings. The number of rotatable bonds is 8. The van der Waals surface area contributed by atoms with Crippen molar-refractivity contribution in [1.82, 2.24) is 15.5 Å². The van der Waals surface area contributed by atoms with Crippen LogP contribution in [0.15, 0.2) is 46.1 Å². The van der Waals surface area contributed by atoms with Gasteiger partial charge < -0.3 is 15.5 Å². The van der Waals surface area contributed by atoms with E-state index in [-0.39, 0.29) is 29.9 Å². The summed E-state index contributed by atoms with van der Waals surface area (Å²) in [4.78, 5) is 18.5. The van der Waals surface area contributed by atoms with Gasteiger partial charge in [0.1, 0.15) is 0 Å². The van der Waals surface area contributed by atoms with Crippen LogP contribution in [0.25, 0.3) is 0 Å². The summed E-state index contributed by atoms with van der Waals surface area (Å²) in [6, 6.07) is 10.6. The molecule has 1 unspecified atom stereocenters. The molecule has 2 heterocycles. The van der Waals surface area contributed by atoms with Crippen LogP contribution in [0.2, 0.25) is 0 Å². The summed E-state index contributed by atoms with van der Waals surface area (Å²) < 4.78 is 0. The highest BCUT2D eigenvalue weighted by atomic mass is 127. The second-order valence-corrected chi connectivity index (χ2v) is 8.05. The number of carbonyl (C=O) groups excluding carboxylic acids is 1. The molecule has 3 rings (SSSR count). The summed E-state index contributed by atoms with van der Waals surface area (Å²) in [5, 5.41) is 11.1. The number of amides is 1. The van der Waals surface area contributed by atoms with Crippen molar-refractivity contribution in [3.8, 4) is 0 Å². The van der Waals surface area contributed by atoms with Crippen molar-refractivity contribution in [2.24, 2.45) is 4.99 Å². The van der Waals surface area contributed by atoms with E-state index in [0.29, 0.717) is 25.4 Å². The first-order chi connectivity index (χ1) is 13.7. The van der Waals surface area contributed by atoms with Gasteiger partial charge in [0.25, 0.3) is 0 Å². The van der Waals surface area contributed by atoms with E-state index in [0.717, 1.165) is 37.6 Å². The second-order valence-electron chi connectivity index (χ2n) is 7.27. The largest absolute Gasteiger partial charge is 0.357 e. The molecule has 7 heteroatoms. The van der Waals surface area contributed by atoms with Gasteiger partial charge in [-0.3, -0.25) is 4.79 Å². The number of aliphatic imine (C=N–C) groups is 1. The lowest BCUT2D eigenvalue weighted by Gasteiger charge is -2.16. The fraction of sp³-hybridized carbons (Fsp3) is 0.455. The minimum Gasteiger partial charge on any atom is -0.357 e. The zero-order valence-electron chi connectivity index (χ0n) is 17.2. The average Bonchev–Trinajstić information content (AvgIpc) is 3.37. The van der Waals surface area contributed by atoms with E-state index in [1.165, 1.54) is 11.1 Å². The van der Waals surface area contributed by atoms with Crippen molar-refractivity contribution in [3.05, 3.63) is 57.8 Å². The van der Waals surface area contributed by atoms with Gasteiger partial charge >= 0.3 is 0 Å². The Balaban J connectivity index is 0.00000300. The number of benzene rings is 1. The molecule has 1 fully saturated rings. The molecule has 158 valence electrons. The fourth-order valence-corrected chi connectivity index (χ4v) is 4.14. The maximum Gasteiger partial charge on any atom is 0.222 e. The summed E-state index contributed by atoms with van der Waals surface area (Å²) in [5.74, 6) is 1.54. The molecule has 1 aromatic heterocycles. The summed E-state index contributed by atoms with van der Waals surface area (Å²) in [6.07, 6.45) is 1.66. The van der Waals surface area contributed by atoms with E-state index in [9.17, 15) is 4.79 Å². The van der Waals surface area contributed by atoms with Gasteiger partial charge in [-0.05, 0) is 52.8 Å². The lowest BCUT2D eigenvalue weighted by molar-refractivity contribution is -0.128. The van der Waals surface area contributed by atoms with E-state index in [4.69, 9.17) is 4.99 Å². The Bertz CT molecular complexity index is 794. The van der Waals surface area contributed by atoms with Crippen molar-refractivity contribution in [2.45, 2.75) is 45.7 Å². The molecule has 1 aliphatic rings. The van der Waals surface area contributed by atoms with Crippen molar-refractivity contribution in [1.29, 1.82) is 0 Å². The zero-order valence-corrected chi connectivity index (χ0v) is 20.3. The maximum absolute atomic E-state index is 11.9. The molecular weight excluding hydrogens is 495 g/mol. The van der Waals surface area contributed by atoms with Crippen molar-refractivity contribution in [3.63, 3.8) is 0 Å². The first-order valence-corrected chi connectivity index (χ1v) is 11.0. The number of likely N-dealkylation sites (tertiary alicyclic amines) is 1. The fourth-order valence-electron chi connectivity index (χ4n) is 3.35. The minimum atomic E-state index is 0. The van der Waals surface area contributed by atoms with Crippen LogP contribution in [0.3, 0.4) is 0 Å². The van der Waals surface area contributed by atoms with Gasteiger partial charge in [-0.2, -0.15) is 11.3 Å². The number of carbonyl (C=O) groups is 1. The Labute approximate surface area is 195 Å². The average molecular weight is 526 g/mol. The monoisotopic (exact) mass is 526 g/mol. The van der Waals surface area contributed by atoms with Crippen LogP contribution in [-0.2, 0) is 17.9 Å². The van der Waals surface area contributed by atoms with Crippen LogP contribution in [-0.4, -0.2) is 36.4 Å². The highest BCUT2D eigenvalue weighted by Gasteiger charge is 2.19. The van der Waals surface area contributed by atoms with Gasteiger partial charge in [0, 0.05) is 32.6 Å². The summed E-state index contributed by atoms with van der Waals surface area (Å²) in [7, 11) is 0. The number of thiophene rings is 1. The Morgan fingerprint density at radius 2 is 2.10 bits per heavy atom. The van der Waals surface area contributed by atoms with Gasteiger partial charge in [-0.1, -0.05) is 31.2 Å². The molecule has 2 N–H and O–H groups in total. The number of hydrogen-bond acceptors (Lipinski definition) is 3. The van der Waals surface area contributed by atoms with Crippen molar-refractivity contribution < 1.29 is 4.79 Å². The highest BCUT2D eigenvalue weighted by molar-refractivity contribution is 14.0. The molecule has 1 aromatic carbocycles. The molecule has 0 bridgehead atoms. The van der Waals surface area contributed by atoms with Gasteiger partial charge in [0.2, 0.25) is 5.91 Å². The number of guanidine groups is 1. The topological polar surface area (TPSA) is 56.7 Å². The van der Waals surface area contributed by atoms with Gasteiger partial charge in [-0.25, -0.2) is 4.99 Å². The molecule has 1 saturated heterocycles. The Kier molecular flexibility index (Phi) is 9.93. The standard InChI is InChI=1S/C22H30N4OS.HI/c1-3-23-22(24-13-17(2)20-9-11-28-16-20)25-14-18-6-4-7-19(12-18)15-26-10-5-8-21(26)27;/h4,6-7,9,11-12,16-17H,3,5,8,10,13-15H2,1-2H3,(H2,23,24,25);1H. The summed E-state index contributed by atoms with van der Waals surface area (Å²) >= 11 is 1.73. The maximum atomic E-state index is 11.9. The predicted octanol–water partition coefficient (Wildman–Crippen LogP) is 4.35. The van der Waals surface area contributed by atoms with Gasteiger partial charge in [-0.15, -0.1) is 24.0 Å². The lowest BCUT2D eigenvalue weighted by atomic mass is 10.1. The Hall–Kier alpha value is -1.61. The van der Waals surface area contributed by atoms with E-state index in [1.807, 2.05) is 4.90 Å². The summed E-state index contributed by atoms with van der Waals surface area (Å²) in [6.45, 7) is 8.17. The van der Waals surface area contributed by atoms with Crippen molar-refractivity contribution >= 4 is 47.2 Å². The first-order valence-electron chi connectivity index (χ1n) is 10.1. The lowest BCUT2D eigenvalue weighted by Crippen LogP contribution is -2.39. The predicted molar refractivity (Wildman–Crippen MR) is 132 cm³/mol. The van der Waals surface area contributed by atoms with Gasteiger partial charge in [0.05, 0.1) is 6.54 Å². The molecule has 0 aliphatic carbocycles. The smallest absolute Gasteiger partial charge is 0.222 e. The molecule has 1 atom stereocenters. The molecule has 0 radical (unpaired) electrons. The number of nitrogens with one attached hydrogen (secondary N) is 2. The highest BCUT2D eigenvalue weighted by Crippen LogP contribution is 2.17. The third-order valence-corrected chi connectivity index (χ3v) is 5.69. The van der Waals surface area contributed by atoms with Crippen LogP contribution < -0.4 is 10.6 Å². The normalized spacial score (nSPS) is 15.2. The Morgan fingerprint density at radius 3 is 2.79 bits per heavy atom. The number of nitrogens with zero attached hydrogens (tertiary/aromatic N) is 2. The van der Waals surface area contributed by atoms with E-state index >= 15 is 0 Å². The zero-order chi connectivity index (χ0) is 19.8.